The van der Waals surface area contributed by atoms with Crippen LogP contribution in [0.4, 0.5) is 5.69 Å². The Hall–Kier alpha value is -3.93. The second-order valence-electron chi connectivity index (χ2n) is 6.29. The van der Waals surface area contributed by atoms with E-state index in [1.165, 1.54) is 6.21 Å². The summed E-state index contributed by atoms with van der Waals surface area (Å²) in [6, 6.07) is 21.3. The lowest BCUT2D eigenvalue weighted by Crippen LogP contribution is -2.18. The number of methoxy groups -OCH3 is 1. The number of carbonyl (C=O) groups is 2. The monoisotopic (exact) mass is 387 g/mol. The topological polar surface area (TPSA) is 79.8 Å². The molecule has 0 aliphatic carbocycles. The van der Waals surface area contributed by atoms with E-state index in [1.54, 1.807) is 37.4 Å². The standard InChI is InChI=1S/C23H21N3O3/c1-16-7-3-5-9-20(16)23(28)25-19-13-11-17(12-14-19)22(27)26-24-15-18-8-4-6-10-21(18)29-2/h3-15H,1-2H3,(H,25,28)(H,26,27). The number of nitrogens with one attached hydrogen (secondary N) is 2. The van der Waals surface area contributed by atoms with Crippen LogP contribution in [0.3, 0.4) is 0 Å². The van der Waals surface area contributed by atoms with Crippen LogP contribution in [-0.4, -0.2) is 25.1 Å². The molecular formula is C23H21N3O3. The maximum Gasteiger partial charge on any atom is 0.271 e. The van der Waals surface area contributed by atoms with Gasteiger partial charge in [-0.1, -0.05) is 30.3 Å². The van der Waals surface area contributed by atoms with E-state index >= 15 is 0 Å². The number of hydrogen-bond donors (Lipinski definition) is 2. The molecule has 146 valence electrons. The zero-order valence-corrected chi connectivity index (χ0v) is 16.2. The molecule has 0 atom stereocenters. The summed E-state index contributed by atoms with van der Waals surface area (Å²) in [6.07, 6.45) is 1.52. The van der Waals surface area contributed by atoms with Gasteiger partial charge in [-0.3, -0.25) is 9.59 Å². The van der Waals surface area contributed by atoms with E-state index in [1.807, 2.05) is 49.4 Å². The van der Waals surface area contributed by atoms with Crippen LogP contribution in [0.15, 0.2) is 77.9 Å². The molecule has 0 bridgehead atoms. The smallest absolute Gasteiger partial charge is 0.271 e. The molecule has 0 aromatic heterocycles. The summed E-state index contributed by atoms with van der Waals surface area (Å²) in [5, 5.41) is 6.80. The highest BCUT2D eigenvalue weighted by atomic mass is 16.5. The SMILES string of the molecule is COc1ccccc1C=NNC(=O)c1ccc(NC(=O)c2ccccc2C)cc1. The van der Waals surface area contributed by atoms with E-state index < -0.39 is 0 Å². The number of nitrogens with zero attached hydrogens (tertiary/aromatic N) is 1. The van der Waals surface area contributed by atoms with Gasteiger partial charge in [-0.05, 0) is 55.0 Å². The molecule has 0 unspecified atom stereocenters. The Balaban J connectivity index is 1.61. The fourth-order valence-electron chi connectivity index (χ4n) is 2.73. The van der Waals surface area contributed by atoms with Crippen molar-refractivity contribution < 1.29 is 14.3 Å². The first-order valence-corrected chi connectivity index (χ1v) is 9.02. The van der Waals surface area contributed by atoms with Gasteiger partial charge in [-0.25, -0.2) is 5.43 Å². The van der Waals surface area contributed by atoms with Gasteiger partial charge in [-0.15, -0.1) is 0 Å². The van der Waals surface area contributed by atoms with Gasteiger partial charge in [0.05, 0.1) is 13.3 Å². The van der Waals surface area contributed by atoms with Gasteiger partial charge in [0, 0.05) is 22.4 Å². The van der Waals surface area contributed by atoms with Crippen molar-refractivity contribution in [3.8, 4) is 5.75 Å². The number of benzene rings is 3. The summed E-state index contributed by atoms with van der Waals surface area (Å²) in [5.74, 6) is 0.119. The van der Waals surface area contributed by atoms with Crippen LogP contribution in [0.1, 0.15) is 31.8 Å². The van der Waals surface area contributed by atoms with Crippen molar-refractivity contribution in [2.75, 3.05) is 12.4 Å². The number of amides is 2. The number of ether oxygens (including phenoxy) is 1. The Morgan fingerprint density at radius 3 is 2.31 bits per heavy atom. The van der Waals surface area contributed by atoms with Crippen LogP contribution in [0.25, 0.3) is 0 Å². The molecule has 29 heavy (non-hydrogen) atoms. The molecule has 0 aliphatic rings. The molecule has 0 fully saturated rings. The minimum atomic E-state index is -0.354. The average Bonchev–Trinajstić information content (AvgIpc) is 2.74. The van der Waals surface area contributed by atoms with Gasteiger partial charge in [0.25, 0.3) is 11.8 Å². The highest BCUT2D eigenvalue weighted by molar-refractivity contribution is 6.05. The van der Waals surface area contributed by atoms with Gasteiger partial charge in [0.1, 0.15) is 5.75 Å². The van der Waals surface area contributed by atoms with Crippen molar-refractivity contribution in [2.45, 2.75) is 6.92 Å². The first-order chi connectivity index (χ1) is 14.1. The average molecular weight is 387 g/mol. The zero-order valence-electron chi connectivity index (χ0n) is 16.2. The van der Waals surface area contributed by atoms with E-state index in [-0.39, 0.29) is 11.8 Å². The maximum atomic E-state index is 12.4. The van der Waals surface area contributed by atoms with Crippen LogP contribution in [0.2, 0.25) is 0 Å². The number of rotatable bonds is 6. The number of carbonyl (C=O) groups excluding carboxylic acids is 2. The minimum Gasteiger partial charge on any atom is -0.496 e. The van der Waals surface area contributed by atoms with Crippen molar-refractivity contribution in [3.63, 3.8) is 0 Å². The number of hydrogen-bond acceptors (Lipinski definition) is 4. The summed E-state index contributed by atoms with van der Waals surface area (Å²) in [5.41, 5.74) is 5.77. The van der Waals surface area contributed by atoms with Crippen LogP contribution in [-0.2, 0) is 0 Å². The maximum absolute atomic E-state index is 12.4. The Morgan fingerprint density at radius 2 is 1.59 bits per heavy atom. The number of anilines is 1. The van der Waals surface area contributed by atoms with Crippen molar-refractivity contribution in [1.29, 1.82) is 0 Å². The molecule has 0 aliphatic heterocycles. The Bertz CT molecular complexity index is 1040. The Kier molecular flexibility index (Phi) is 6.37. The fourth-order valence-corrected chi connectivity index (χ4v) is 2.73. The lowest BCUT2D eigenvalue weighted by atomic mass is 10.1. The molecule has 3 aromatic carbocycles. The molecule has 0 saturated carbocycles. The third-order valence-electron chi connectivity index (χ3n) is 4.30. The summed E-state index contributed by atoms with van der Waals surface area (Å²) in [4.78, 5) is 24.6. The van der Waals surface area contributed by atoms with E-state index in [9.17, 15) is 9.59 Å². The predicted octanol–water partition coefficient (Wildman–Crippen LogP) is 4.02. The predicted molar refractivity (Wildman–Crippen MR) is 114 cm³/mol. The molecule has 0 radical (unpaired) electrons. The minimum absolute atomic E-state index is 0.193. The summed E-state index contributed by atoms with van der Waals surface area (Å²) >= 11 is 0. The third kappa shape index (κ3) is 5.07. The van der Waals surface area contributed by atoms with Gasteiger partial charge >= 0.3 is 0 Å². The molecule has 0 saturated heterocycles. The van der Waals surface area contributed by atoms with Crippen LogP contribution in [0, 0.1) is 6.92 Å². The van der Waals surface area contributed by atoms with Gasteiger partial charge in [0.2, 0.25) is 0 Å². The summed E-state index contributed by atoms with van der Waals surface area (Å²) in [6.45, 7) is 1.88. The largest absolute Gasteiger partial charge is 0.496 e. The first kappa shape index (κ1) is 19.8. The molecule has 6 heteroatoms. The van der Waals surface area contributed by atoms with Gasteiger partial charge in [0.15, 0.2) is 0 Å². The van der Waals surface area contributed by atoms with Gasteiger partial charge in [-0.2, -0.15) is 5.10 Å². The van der Waals surface area contributed by atoms with E-state index in [0.717, 1.165) is 11.1 Å². The summed E-state index contributed by atoms with van der Waals surface area (Å²) in [7, 11) is 1.57. The van der Waals surface area contributed by atoms with Crippen molar-refractivity contribution in [2.24, 2.45) is 5.10 Å². The van der Waals surface area contributed by atoms with Gasteiger partial charge < -0.3 is 10.1 Å². The van der Waals surface area contributed by atoms with Crippen molar-refractivity contribution in [3.05, 3.63) is 95.1 Å². The second kappa shape index (κ2) is 9.32. The second-order valence-corrected chi connectivity index (χ2v) is 6.29. The van der Waals surface area contributed by atoms with Crippen molar-refractivity contribution >= 4 is 23.7 Å². The fraction of sp³-hybridized carbons (Fsp3) is 0.0870. The lowest BCUT2D eigenvalue weighted by Gasteiger charge is -2.08. The molecular weight excluding hydrogens is 366 g/mol. The van der Waals surface area contributed by atoms with E-state index in [0.29, 0.717) is 22.6 Å². The lowest BCUT2D eigenvalue weighted by molar-refractivity contribution is 0.0954. The van der Waals surface area contributed by atoms with Crippen LogP contribution >= 0.6 is 0 Å². The van der Waals surface area contributed by atoms with Crippen LogP contribution < -0.4 is 15.5 Å². The Labute approximate surface area is 169 Å². The van der Waals surface area contributed by atoms with E-state index in [4.69, 9.17) is 4.74 Å². The molecule has 0 spiro atoms. The molecule has 3 rings (SSSR count). The number of aryl methyl sites for hydroxylation is 1. The van der Waals surface area contributed by atoms with E-state index in [2.05, 4.69) is 15.8 Å². The quantitative estimate of drug-likeness (QED) is 0.495. The molecule has 0 heterocycles. The number of hydrazone groups is 1. The van der Waals surface area contributed by atoms with Crippen molar-refractivity contribution in [1.82, 2.24) is 5.43 Å². The first-order valence-electron chi connectivity index (χ1n) is 9.02. The molecule has 2 N–H and O–H groups in total. The van der Waals surface area contributed by atoms with Crippen LogP contribution in [0.5, 0.6) is 5.75 Å². The molecule has 6 nitrogen and oxygen atoms in total. The number of para-hydroxylation sites is 1. The summed E-state index contributed by atoms with van der Waals surface area (Å²) < 4.78 is 5.23. The normalized spacial score (nSPS) is 10.6. The Morgan fingerprint density at radius 1 is 0.897 bits per heavy atom. The zero-order chi connectivity index (χ0) is 20.6. The highest BCUT2D eigenvalue weighted by Crippen LogP contribution is 2.15. The molecule has 3 aromatic rings. The highest BCUT2D eigenvalue weighted by Gasteiger charge is 2.09. The third-order valence-corrected chi connectivity index (χ3v) is 4.30. The molecule has 2 amide bonds.